The molecule has 8 nitrogen and oxygen atoms in total. The predicted octanol–water partition coefficient (Wildman–Crippen LogP) is 1.94. The zero-order chi connectivity index (χ0) is 21.6. The van der Waals surface area contributed by atoms with Crippen LogP contribution in [0.4, 0.5) is 0 Å². The van der Waals surface area contributed by atoms with Gasteiger partial charge in [0.2, 0.25) is 11.8 Å². The second-order valence-corrected chi connectivity index (χ2v) is 8.74. The van der Waals surface area contributed by atoms with Crippen molar-refractivity contribution < 1.29 is 9.59 Å². The average Bonchev–Trinajstić information content (AvgIpc) is 3.17. The number of hydrogen-bond acceptors (Lipinski definition) is 6. The molecule has 3 heterocycles. The fourth-order valence-corrected chi connectivity index (χ4v) is 4.99. The van der Waals surface area contributed by atoms with Crippen molar-refractivity contribution in [2.75, 3.05) is 6.54 Å². The van der Waals surface area contributed by atoms with Crippen LogP contribution in [0.2, 0.25) is 0 Å². The van der Waals surface area contributed by atoms with Gasteiger partial charge in [0.15, 0.2) is 0 Å². The van der Waals surface area contributed by atoms with Gasteiger partial charge in [-0.05, 0) is 49.3 Å². The molecular weight excluding hydrogens is 414 g/mol. The number of thiophene rings is 1. The molecular formula is C22H25N5O3S. The van der Waals surface area contributed by atoms with Crippen LogP contribution in [0.25, 0.3) is 10.2 Å². The van der Waals surface area contributed by atoms with Crippen molar-refractivity contribution in [3.05, 3.63) is 57.2 Å². The summed E-state index contributed by atoms with van der Waals surface area (Å²) in [4.78, 5) is 47.5. The van der Waals surface area contributed by atoms with E-state index >= 15 is 0 Å². The number of amides is 2. The molecule has 3 aromatic rings. The number of aromatic nitrogens is 3. The molecule has 9 heteroatoms. The van der Waals surface area contributed by atoms with Crippen molar-refractivity contribution in [1.29, 1.82) is 0 Å². The summed E-state index contributed by atoms with van der Waals surface area (Å²) in [5.41, 5.74) is 1.91. The zero-order valence-electron chi connectivity index (χ0n) is 17.2. The van der Waals surface area contributed by atoms with Crippen LogP contribution < -0.4 is 16.2 Å². The van der Waals surface area contributed by atoms with E-state index in [1.165, 1.54) is 15.8 Å². The lowest BCUT2D eigenvalue weighted by atomic mass is 9.97. The minimum atomic E-state index is -0.261. The van der Waals surface area contributed by atoms with E-state index in [2.05, 4.69) is 20.6 Å². The number of fused-ring (bicyclic) bond motifs is 3. The summed E-state index contributed by atoms with van der Waals surface area (Å²) in [6.45, 7) is 0.737. The SMILES string of the molecule is O=C(CCCNC(=O)Cn1cnc2sc3c(c2c1=O)CCCC3)NCc1cccnc1. The number of pyridine rings is 1. The molecule has 0 aromatic carbocycles. The van der Waals surface area contributed by atoms with Crippen LogP contribution in [0.15, 0.2) is 35.6 Å². The number of rotatable bonds is 8. The van der Waals surface area contributed by atoms with E-state index < -0.39 is 0 Å². The van der Waals surface area contributed by atoms with Gasteiger partial charge >= 0.3 is 0 Å². The van der Waals surface area contributed by atoms with Crippen LogP contribution in [0.5, 0.6) is 0 Å². The lowest BCUT2D eigenvalue weighted by Gasteiger charge is -2.10. The van der Waals surface area contributed by atoms with Crippen molar-refractivity contribution >= 4 is 33.4 Å². The Kier molecular flexibility index (Phi) is 6.71. The Hall–Kier alpha value is -3.07. The van der Waals surface area contributed by atoms with Gasteiger partial charge in [0, 0.05) is 36.8 Å². The Morgan fingerprint density at radius 1 is 1.16 bits per heavy atom. The summed E-state index contributed by atoms with van der Waals surface area (Å²) in [7, 11) is 0. The van der Waals surface area contributed by atoms with Crippen LogP contribution in [0.3, 0.4) is 0 Å². The molecule has 0 atom stereocenters. The van der Waals surface area contributed by atoms with E-state index in [1.807, 2.05) is 12.1 Å². The van der Waals surface area contributed by atoms with Crippen molar-refractivity contribution in [2.45, 2.75) is 51.6 Å². The van der Waals surface area contributed by atoms with Crippen LogP contribution in [0.1, 0.15) is 41.7 Å². The number of carbonyl (C=O) groups is 2. The summed E-state index contributed by atoms with van der Waals surface area (Å²) < 4.78 is 1.37. The first-order valence-electron chi connectivity index (χ1n) is 10.5. The number of aryl methyl sites for hydroxylation is 2. The Morgan fingerprint density at radius 3 is 2.87 bits per heavy atom. The van der Waals surface area contributed by atoms with Crippen LogP contribution in [-0.4, -0.2) is 32.9 Å². The minimum Gasteiger partial charge on any atom is -0.355 e. The van der Waals surface area contributed by atoms with Crippen molar-refractivity contribution in [1.82, 2.24) is 25.2 Å². The number of hydrogen-bond donors (Lipinski definition) is 2. The van der Waals surface area contributed by atoms with Gasteiger partial charge in [0.05, 0.1) is 11.7 Å². The molecule has 0 unspecified atom stereocenters. The van der Waals surface area contributed by atoms with Gasteiger partial charge < -0.3 is 10.6 Å². The third-order valence-corrected chi connectivity index (χ3v) is 6.57. The molecule has 2 amide bonds. The monoisotopic (exact) mass is 439 g/mol. The maximum Gasteiger partial charge on any atom is 0.262 e. The molecule has 1 aliphatic carbocycles. The fraction of sp³-hybridized carbons (Fsp3) is 0.409. The smallest absolute Gasteiger partial charge is 0.262 e. The lowest BCUT2D eigenvalue weighted by Crippen LogP contribution is -2.33. The highest BCUT2D eigenvalue weighted by atomic mass is 32.1. The van der Waals surface area contributed by atoms with Gasteiger partial charge in [0.25, 0.3) is 5.56 Å². The number of nitrogens with zero attached hydrogens (tertiary/aromatic N) is 3. The summed E-state index contributed by atoms with van der Waals surface area (Å²) in [6.07, 6.45) is 9.84. The third-order valence-electron chi connectivity index (χ3n) is 5.37. The summed E-state index contributed by atoms with van der Waals surface area (Å²) >= 11 is 1.60. The van der Waals surface area contributed by atoms with Gasteiger partial charge in [0.1, 0.15) is 11.4 Å². The minimum absolute atomic E-state index is 0.0698. The quantitative estimate of drug-likeness (QED) is 0.522. The van der Waals surface area contributed by atoms with Crippen LogP contribution in [-0.2, 0) is 35.5 Å². The molecule has 0 saturated heterocycles. The van der Waals surface area contributed by atoms with Crippen molar-refractivity contribution in [3.8, 4) is 0 Å². The Bertz CT molecular complexity index is 1140. The van der Waals surface area contributed by atoms with E-state index in [0.29, 0.717) is 31.3 Å². The van der Waals surface area contributed by atoms with Gasteiger partial charge in [-0.1, -0.05) is 6.07 Å². The fourth-order valence-electron chi connectivity index (χ4n) is 3.77. The molecule has 2 N–H and O–H groups in total. The zero-order valence-corrected chi connectivity index (χ0v) is 18.0. The van der Waals surface area contributed by atoms with Crippen molar-refractivity contribution in [3.63, 3.8) is 0 Å². The van der Waals surface area contributed by atoms with Gasteiger partial charge in [-0.3, -0.25) is 23.9 Å². The molecule has 4 rings (SSSR count). The largest absolute Gasteiger partial charge is 0.355 e. The summed E-state index contributed by atoms with van der Waals surface area (Å²) in [5.74, 6) is -0.339. The second-order valence-electron chi connectivity index (χ2n) is 7.66. The molecule has 0 radical (unpaired) electrons. The molecule has 0 spiro atoms. The molecule has 1 aliphatic rings. The third kappa shape index (κ3) is 5.16. The summed E-state index contributed by atoms with van der Waals surface area (Å²) in [5, 5.41) is 6.29. The maximum absolute atomic E-state index is 12.9. The first kappa shape index (κ1) is 21.2. The van der Waals surface area contributed by atoms with Crippen molar-refractivity contribution in [2.24, 2.45) is 0 Å². The molecule has 0 fully saturated rings. The number of nitrogens with one attached hydrogen (secondary N) is 2. The topological polar surface area (TPSA) is 106 Å². The number of carbonyl (C=O) groups excluding carboxylic acids is 2. The van der Waals surface area contributed by atoms with E-state index in [1.54, 1.807) is 23.7 Å². The molecule has 0 bridgehead atoms. The average molecular weight is 440 g/mol. The molecule has 3 aromatic heterocycles. The highest BCUT2D eigenvalue weighted by Gasteiger charge is 2.20. The van der Waals surface area contributed by atoms with Gasteiger partial charge in [-0.25, -0.2) is 4.98 Å². The highest BCUT2D eigenvalue weighted by Crippen LogP contribution is 2.33. The van der Waals surface area contributed by atoms with Gasteiger partial charge in [-0.2, -0.15) is 0 Å². The van der Waals surface area contributed by atoms with E-state index in [-0.39, 0.29) is 23.9 Å². The van der Waals surface area contributed by atoms with Gasteiger partial charge in [-0.15, -0.1) is 11.3 Å². The summed E-state index contributed by atoms with van der Waals surface area (Å²) in [6, 6.07) is 3.72. The molecule has 162 valence electrons. The first-order valence-corrected chi connectivity index (χ1v) is 11.4. The van der Waals surface area contributed by atoms with E-state index in [0.717, 1.165) is 41.6 Å². The normalized spacial score (nSPS) is 13.0. The first-order chi connectivity index (χ1) is 15.1. The maximum atomic E-state index is 12.9. The molecule has 0 aliphatic heterocycles. The highest BCUT2D eigenvalue weighted by molar-refractivity contribution is 7.18. The Labute approximate surface area is 183 Å². The molecule has 0 saturated carbocycles. The van der Waals surface area contributed by atoms with E-state index in [9.17, 15) is 14.4 Å². The van der Waals surface area contributed by atoms with Crippen LogP contribution >= 0.6 is 11.3 Å². The second kappa shape index (κ2) is 9.82. The predicted molar refractivity (Wildman–Crippen MR) is 119 cm³/mol. The van der Waals surface area contributed by atoms with Crippen LogP contribution in [0, 0.1) is 0 Å². The molecule has 31 heavy (non-hydrogen) atoms. The van der Waals surface area contributed by atoms with E-state index in [4.69, 9.17) is 0 Å². The Balaban J connectivity index is 1.24. The Morgan fingerprint density at radius 2 is 2.03 bits per heavy atom. The standard InChI is InChI=1S/C22H25N5O3S/c28-18(25-12-15-5-3-9-23-11-15)8-4-10-24-19(29)13-27-14-26-21-20(22(27)30)16-6-1-2-7-17(16)31-21/h3,5,9,11,14H,1-2,4,6-8,10,12-13H2,(H,24,29)(H,25,28). The lowest BCUT2D eigenvalue weighted by molar-refractivity contribution is -0.123.